The molecule has 0 saturated carbocycles. The molecule has 0 aliphatic rings. The minimum absolute atomic E-state index is 0.0861. The zero-order valence-electron chi connectivity index (χ0n) is 15.0. The van der Waals surface area contributed by atoms with Gasteiger partial charge in [0.15, 0.2) is 0 Å². The lowest BCUT2D eigenvalue weighted by Gasteiger charge is -2.10. The van der Waals surface area contributed by atoms with Crippen LogP contribution in [0.2, 0.25) is 0 Å². The lowest BCUT2D eigenvalue weighted by molar-refractivity contribution is -0.115. The minimum atomic E-state index is -0.277. The van der Waals surface area contributed by atoms with Gasteiger partial charge in [-0.3, -0.25) is 9.59 Å². The number of benzene rings is 3. The average molecular weight is 359 g/mol. The van der Waals surface area contributed by atoms with Crippen molar-refractivity contribution in [3.63, 3.8) is 0 Å². The Labute approximate surface area is 158 Å². The Balaban J connectivity index is 1.50. The van der Waals surface area contributed by atoms with Crippen LogP contribution in [0.3, 0.4) is 0 Å². The second-order valence-electron chi connectivity index (χ2n) is 6.11. The second kappa shape index (κ2) is 8.67. The van der Waals surface area contributed by atoms with E-state index in [-0.39, 0.29) is 18.4 Å². The molecule has 3 aromatic carbocycles. The molecule has 3 aromatic rings. The Morgan fingerprint density at radius 3 is 2.04 bits per heavy atom. The van der Waals surface area contributed by atoms with Crippen LogP contribution in [0, 0.1) is 6.92 Å². The number of aryl methyl sites for hydroxylation is 1. The fraction of sp³-hybridized carbons (Fsp3) is 0.0909. The number of rotatable bonds is 6. The Morgan fingerprint density at radius 2 is 1.33 bits per heavy atom. The maximum atomic E-state index is 12.1. The van der Waals surface area contributed by atoms with Crippen LogP contribution >= 0.6 is 0 Å². The fourth-order valence-electron chi connectivity index (χ4n) is 2.61. The van der Waals surface area contributed by atoms with Gasteiger partial charge in [0.25, 0.3) is 5.91 Å². The Morgan fingerprint density at radius 1 is 0.741 bits per heavy atom. The van der Waals surface area contributed by atoms with Gasteiger partial charge < -0.3 is 16.0 Å². The Kier molecular flexibility index (Phi) is 5.84. The van der Waals surface area contributed by atoms with Gasteiger partial charge in [0.05, 0.1) is 6.54 Å². The first kappa shape index (κ1) is 18.2. The molecule has 0 aliphatic carbocycles. The monoisotopic (exact) mass is 359 g/mol. The van der Waals surface area contributed by atoms with Crippen LogP contribution in [0.4, 0.5) is 17.1 Å². The van der Waals surface area contributed by atoms with Gasteiger partial charge in [-0.25, -0.2) is 0 Å². The molecule has 0 aliphatic heterocycles. The molecule has 27 heavy (non-hydrogen) atoms. The molecule has 5 heteroatoms. The molecule has 5 nitrogen and oxygen atoms in total. The first-order valence-corrected chi connectivity index (χ1v) is 8.67. The Bertz CT molecular complexity index is 922. The van der Waals surface area contributed by atoms with E-state index in [4.69, 9.17) is 0 Å². The smallest absolute Gasteiger partial charge is 0.251 e. The van der Waals surface area contributed by atoms with E-state index in [1.165, 1.54) is 0 Å². The molecular weight excluding hydrogens is 338 g/mol. The van der Waals surface area contributed by atoms with Gasteiger partial charge in [0, 0.05) is 22.6 Å². The summed E-state index contributed by atoms with van der Waals surface area (Å²) in [5, 5.41) is 8.69. The summed E-state index contributed by atoms with van der Waals surface area (Å²) in [6, 6.07) is 24.5. The van der Waals surface area contributed by atoms with Gasteiger partial charge in [-0.05, 0) is 55.0 Å². The molecule has 0 saturated heterocycles. The summed E-state index contributed by atoms with van der Waals surface area (Å²) >= 11 is 0. The topological polar surface area (TPSA) is 70.2 Å². The molecule has 2 amide bonds. The van der Waals surface area contributed by atoms with E-state index in [0.717, 1.165) is 16.9 Å². The molecule has 0 radical (unpaired) electrons. The number of amides is 2. The molecule has 0 bridgehead atoms. The van der Waals surface area contributed by atoms with Crippen molar-refractivity contribution in [1.29, 1.82) is 0 Å². The van der Waals surface area contributed by atoms with E-state index in [1.807, 2.05) is 73.7 Å². The third-order valence-corrected chi connectivity index (χ3v) is 4.03. The molecular formula is C22H21N3O2. The van der Waals surface area contributed by atoms with Crippen LogP contribution in [-0.4, -0.2) is 18.4 Å². The van der Waals surface area contributed by atoms with Gasteiger partial charge >= 0.3 is 0 Å². The van der Waals surface area contributed by atoms with Crippen LogP contribution < -0.4 is 16.0 Å². The van der Waals surface area contributed by atoms with E-state index >= 15 is 0 Å². The number of anilines is 3. The third-order valence-electron chi connectivity index (χ3n) is 4.03. The van der Waals surface area contributed by atoms with E-state index in [2.05, 4.69) is 16.0 Å². The van der Waals surface area contributed by atoms with Gasteiger partial charge in [-0.2, -0.15) is 0 Å². The molecule has 0 spiro atoms. The summed E-state index contributed by atoms with van der Waals surface area (Å²) in [4.78, 5) is 24.2. The van der Waals surface area contributed by atoms with Crippen molar-refractivity contribution in [3.8, 4) is 0 Å². The predicted molar refractivity (Wildman–Crippen MR) is 108 cm³/mol. The van der Waals surface area contributed by atoms with Crippen LogP contribution in [0.15, 0.2) is 78.9 Å². The van der Waals surface area contributed by atoms with Crippen LogP contribution in [0.25, 0.3) is 0 Å². The standard InChI is InChI=1S/C22H21N3O2/c1-16-7-5-6-10-20(16)22(27)23-15-21(26)25-19-13-11-18(12-14-19)24-17-8-3-2-4-9-17/h2-14,24H,15H2,1H3,(H,23,27)(H,25,26). The number of carbonyl (C=O) groups is 2. The quantitative estimate of drug-likeness (QED) is 0.620. The molecule has 0 unspecified atom stereocenters. The van der Waals surface area contributed by atoms with Crippen molar-refractivity contribution in [2.75, 3.05) is 17.2 Å². The maximum Gasteiger partial charge on any atom is 0.251 e. The van der Waals surface area contributed by atoms with Crippen LogP contribution in [-0.2, 0) is 4.79 Å². The predicted octanol–water partition coefficient (Wildman–Crippen LogP) is 4.11. The number of nitrogens with one attached hydrogen (secondary N) is 3. The van der Waals surface area contributed by atoms with Crippen LogP contribution in [0.1, 0.15) is 15.9 Å². The van der Waals surface area contributed by atoms with Gasteiger partial charge in [-0.15, -0.1) is 0 Å². The average Bonchev–Trinajstić information content (AvgIpc) is 2.69. The molecule has 0 aromatic heterocycles. The molecule has 0 fully saturated rings. The van der Waals surface area contributed by atoms with Crippen molar-refractivity contribution < 1.29 is 9.59 Å². The fourth-order valence-corrected chi connectivity index (χ4v) is 2.61. The zero-order chi connectivity index (χ0) is 19.1. The highest BCUT2D eigenvalue weighted by molar-refractivity contribution is 6.00. The summed E-state index contributed by atoms with van der Waals surface area (Å²) in [6.45, 7) is 1.78. The van der Waals surface area contributed by atoms with Crippen molar-refractivity contribution in [2.45, 2.75) is 6.92 Å². The minimum Gasteiger partial charge on any atom is -0.356 e. The Hall–Kier alpha value is -3.60. The largest absolute Gasteiger partial charge is 0.356 e. The second-order valence-corrected chi connectivity index (χ2v) is 6.11. The van der Waals surface area contributed by atoms with Crippen molar-refractivity contribution in [2.24, 2.45) is 0 Å². The molecule has 3 N–H and O–H groups in total. The molecule has 0 heterocycles. The first-order chi connectivity index (χ1) is 13.1. The van der Waals surface area contributed by atoms with E-state index in [1.54, 1.807) is 12.1 Å². The molecule has 0 atom stereocenters. The van der Waals surface area contributed by atoms with Gasteiger partial charge in [0.1, 0.15) is 0 Å². The van der Waals surface area contributed by atoms with Gasteiger partial charge in [0.2, 0.25) is 5.91 Å². The summed E-state index contributed by atoms with van der Waals surface area (Å²) in [6.07, 6.45) is 0. The number of hydrogen-bond donors (Lipinski definition) is 3. The summed E-state index contributed by atoms with van der Waals surface area (Å²) in [7, 11) is 0. The first-order valence-electron chi connectivity index (χ1n) is 8.67. The number of para-hydroxylation sites is 1. The zero-order valence-corrected chi connectivity index (χ0v) is 15.0. The SMILES string of the molecule is Cc1ccccc1C(=O)NCC(=O)Nc1ccc(Nc2ccccc2)cc1. The lowest BCUT2D eigenvalue weighted by Crippen LogP contribution is -2.33. The number of carbonyl (C=O) groups excluding carboxylic acids is 2. The normalized spacial score (nSPS) is 10.1. The lowest BCUT2D eigenvalue weighted by atomic mass is 10.1. The van der Waals surface area contributed by atoms with Gasteiger partial charge in [-0.1, -0.05) is 36.4 Å². The summed E-state index contributed by atoms with van der Waals surface area (Å²) in [5.74, 6) is -0.536. The van der Waals surface area contributed by atoms with Crippen molar-refractivity contribution in [1.82, 2.24) is 5.32 Å². The highest BCUT2D eigenvalue weighted by Gasteiger charge is 2.10. The van der Waals surface area contributed by atoms with E-state index in [9.17, 15) is 9.59 Å². The molecule has 3 rings (SSSR count). The highest BCUT2D eigenvalue weighted by Crippen LogP contribution is 2.18. The van der Waals surface area contributed by atoms with Crippen molar-refractivity contribution >= 4 is 28.9 Å². The van der Waals surface area contributed by atoms with Crippen LogP contribution in [0.5, 0.6) is 0 Å². The maximum absolute atomic E-state index is 12.1. The summed E-state index contributed by atoms with van der Waals surface area (Å²) < 4.78 is 0. The molecule has 136 valence electrons. The third kappa shape index (κ3) is 5.19. The number of hydrogen-bond acceptors (Lipinski definition) is 3. The summed E-state index contributed by atoms with van der Waals surface area (Å²) in [5.41, 5.74) is 4.03. The van der Waals surface area contributed by atoms with Crippen molar-refractivity contribution in [3.05, 3.63) is 90.0 Å². The van der Waals surface area contributed by atoms with E-state index in [0.29, 0.717) is 11.3 Å². The van der Waals surface area contributed by atoms with E-state index < -0.39 is 0 Å². The highest BCUT2D eigenvalue weighted by atomic mass is 16.2.